The molecule has 0 fully saturated rings. The van der Waals surface area contributed by atoms with Crippen molar-refractivity contribution in [2.75, 3.05) is 32.8 Å². The maximum atomic E-state index is 5.39. The van der Waals surface area contributed by atoms with Crippen LogP contribution in [0.15, 0.2) is 0 Å². The molecule has 4 N–H and O–H groups in total. The van der Waals surface area contributed by atoms with Crippen LogP contribution in [0.5, 0.6) is 0 Å². The predicted octanol–water partition coefficient (Wildman–Crippen LogP) is 1.42. The van der Waals surface area contributed by atoms with E-state index in [-0.39, 0.29) is 0 Å². The van der Waals surface area contributed by atoms with E-state index in [4.69, 9.17) is 10.6 Å². The summed E-state index contributed by atoms with van der Waals surface area (Å²) >= 11 is 0. The first-order valence-electron chi connectivity index (χ1n) is 6.67. The fourth-order valence-electron chi connectivity index (χ4n) is 1.37. The van der Waals surface area contributed by atoms with Gasteiger partial charge in [0.05, 0.1) is 6.61 Å². The Balaban J connectivity index is 2.83. The number of hydrogen-bond donors (Lipinski definition) is 3. The van der Waals surface area contributed by atoms with Gasteiger partial charge < -0.3 is 15.9 Å². The zero-order chi connectivity index (χ0) is 11.9. The average molecular weight is 231 g/mol. The van der Waals surface area contributed by atoms with Gasteiger partial charge in [-0.05, 0) is 45.3 Å². The molecule has 0 aliphatic carbocycles. The Morgan fingerprint density at radius 3 is 2.44 bits per heavy atom. The minimum atomic E-state index is 0.778. The molecule has 0 radical (unpaired) electrons. The number of unbranched alkanes of at least 4 members (excludes halogenated alkanes) is 3. The van der Waals surface area contributed by atoms with Crippen molar-refractivity contribution in [3.63, 3.8) is 0 Å². The lowest BCUT2D eigenvalue weighted by atomic mass is 10.3. The van der Waals surface area contributed by atoms with E-state index < -0.39 is 0 Å². The third-order valence-corrected chi connectivity index (χ3v) is 2.39. The van der Waals surface area contributed by atoms with Crippen molar-refractivity contribution in [3.05, 3.63) is 0 Å². The molecule has 0 bridgehead atoms. The van der Waals surface area contributed by atoms with E-state index in [9.17, 15) is 0 Å². The molecule has 0 aromatic rings. The molecule has 98 valence electrons. The smallest absolute Gasteiger partial charge is 0.0682 e. The Kier molecular flexibility index (Phi) is 14.7. The highest BCUT2D eigenvalue weighted by molar-refractivity contribution is 4.49. The van der Waals surface area contributed by atoms with Gasteiger partial charge in [-0.15, -0.1) is 0 Å². The highest BCUT2D eigenvalue weighted by Gasteiger charge is 1.90. The first-order valence-corrected chi connectivity index (χ1v) is 6.67. The van der Waals surface area contributed by atoms with Gasteiger partial charge in [-0.2, -0.15) is 0 Å². The molecule has 0 aliphatic heterocycles. The molecule has 0 heterocycles. The zero-order valence-electron chi connectivity index (χ0n) is 10.8. The van der Waals surface area contributed by atoms with E-state index in [0.717, 1.165) is 52.0 Å². The van der Waals surface area contributed by atoms with Gasteiger partial charge in [-0.1, -0.05) is 19.8 Å². The van der Waals surface area contributed by atoms with Crippen molar-refractivity contribution in [3.8, 4) is 0 Å². The van der Waals surface area contributed by atoms with Crippen molar-refractivity contribution < 1.29 is 4.84 Å². The molecule has 0 aromatic heterocycles. The fraction of sp³-hybridized carbons (Fsp3) is 1.00. The van der Waals surface area contributed by atoms with Crippen LogP contribution in [0.3, 0.4) is 0 Å². The quantitative estimate of drug-likeness (QED) is 0.331. The lowest BCUT2D eigenvalue weighted by Crippen LogP contribution is -2.21. The maximum absolute atomic E-state index is 5.39. The summed E-state index contributed by atoms with van der Waals surface area (Å²) in [5.41, 5.74) is 8.39. The Morgan fingerprint density at radius 1 is 0.938 bits per heavy atom. The zero-order valence-corrected chi connectivity index (χ0v) is 10.8. The minimum Gasteiger partial charge on any atom is -0.330 e. The van der Waals surface area contributed by atoms with Gasteiger partial charge in [0.2, 0.25) is 0 Å². The monoisotopic (exact) mass is 231 g/mol. The van der Waals surface area contributed by atoms with Gasteiger partial charge in [0.1, 0.15) is 0 Å². The number of hydroxylamine groups is 1. The van der Waals surface area contributed by atoms with Crippen LogP contribution in [0.25, 0.3) is 0 Å². The minimum absolute atomic E-state index is 0.778. The molecule has 0 amide bonds. The lowest BCUT2D eigenvalue weighted by molar-refractivity contribution is 0.0380. The van der Waals surface area contributed by atoms with Crippen molar-refractivity contribution in [2.24, 2.45) is 5.73 Å². The van der Waals surface area contributed by atoms with Crippen LogP contribution in [0.2, 0.25) is 0 Å². The molecule has 0 saturated carbocycles. The molecular weight excluding hydrogens is 202 g/mol. The van der Waals surface area contributed by atoms with Crippen LogP contribution < -0.4 is 16.5 Å². The molecule has 0 atom stereocenters. The van der Waals surface area contributed by atoms with Crippen molar-refractivity contribution in [2.45, 2.75) is 45.4 Å². The number of nitrogens with one attached hydrogen (secondary N) is 2. The molecule has 0 aliphatic rings. The van der Waals surface area contributed by atoms with Gasteiger partial charge in [0.15, 0.2) is 0 Å². The summed E-state index contributed by atoms with van der Waals surface area (Å²) in [4.78, 5) is 5.29. The average Bonchev–Trinajstić information content (AvgIpc) is 2.31. The molecule has 0 aromatic carbocycles. The first-order chi connectivity index (χ1) is 7.91. The Labute approximate surface area is 100 Å². The molecule has 0 unspecified atom stereocenters. The van der Waals surface area contributed by atoms with E-state index in [0.29, 0.717) is 0 Å². The molecule has 0 saturated heterocycles. The summed E-state index contributed by atoms with van der Waals surface area (Å²) in [5, 5.41) is 3.36. The van der Waals surface area contributed by atoms with E-state index in [1.54, 1.807) is 0 Å². The van der Waals surface area contributed by atoms with Crippen LogP contribution in [0.1, 0.15) is 45.4 Å². The van der Waals surface area contributed by atoms with E-state index >= 15 is 0 Å². The number of nitrogens with two attached hydrogens (primary N) is 1. The summed E-state index contributed by atoms with van der Waals surface area (Å²) in [7, 11) is 0. The summed E-state index contributed by atoms with van der Waals surface area (Å²) < 4.78 is 0. The predicted molar refractivity (Wildman–Crippen MR) is 69.3 cm³/mol. The third-order valence-electron chi connectivity index (χ3n) is 2.39. The van der Waals surface area contributed by atoms with Gasteiger partial charge in [-0.3, -0.25) is 0 Å². The van der Waals surface area contributed by atoms with Crippen molar-refractivity contribution >= 4 is 0 Å². The SMILES string of the molecule is CCCCCONCCCCNCCCN. The lowest BCUT2D eigenvalue weighted by Gasteiger charge is -2.06. The second-order valence-corrected chi connectivity index (χ2v) is 4.05. The third kappa shape index (κ3) is 13.8. The van der Waals surface area contributed by atoms with Crippen LogP contribution in [0, 0.1) is 0 Å². The Morgan fingerprint density at radius 2 is 1.69 bits per heavy atom. The summed E-state index contributed by atoms with van der Waals surface area (Å²) in [6, 6.07) is 0. The Bertz CT molecular complexity index is 109. The van der Waals surface area contributed by atoms with E-state index in [1.165, 1.54) is 19.3 Å². The molecule has 0 rings (SSSR count). The molecule has 4 nitrogen and oxygen atoms in total. The van der Waals surface area contributed by atoms with Gasteiger partial charge >= 0.3 is 0 Å². The second-order valence-electron chi connectivity index (χ2n) is 4.05. The van der Waals surface area contributed by atoms with E-state index in [2.05, 4.69) is 17.7 Å². The fourth-order valence-corrected chi connectivity index (χ4v) is 1.37. The molecule has 16 heavy (non-hydrogen) atoms. The molecule has 4 heteroatoms. The van der Waals surface area contributed by atoms with Crippen LogP contribution >= 0.6 is 0 Å². The number of rotatable bonds is 13. The highest BCUT2D eigenvalue weighted by Crippen LogP contribution is 1.92. The topological polar surface area (TPSA) is 59.3 Å². The van der Waals surface area contributed by atoms with Crippen molar-refractivity contribution in [1.82, 2.24) is 10.8 Å². The highest BCUT2D eigenvalue weighted by atomic mass is 16.6. The summed E-state index contributed by atoms with van der Waals surface area (Å²) in [5.74, 6) is 0. The summed E-state index contributed by atoms with van der Waals surface area (Å²) in [6.07, 6.45) is 7.08. The number of hydrogen-bond acceptors (Lipinski definition) is 4. The molecular formula is C12H29N3O. The van der Waals surface area contributed by atoms with Crippen LogP contribution in [0.4, 0.5) is 0 Å². The second kappa shape index (κ2) is 14.8. The summed E-state index contributed by atoms with van der Waals surface area (Å²) in [6.45, 7) is 6.88. The van der Waals surface area contributed by atoms with Gasteiger partial charge in [-0.25, -0.2) is 5.48 Å². The first kappa shape index (κ1) is 15.8. The largest absolute Gasteiger partial charge is 0.330 e. The van der Waals surface area contributed by atoms with Gasteiger partial charge in [0.25, 0.3) is 0 Å². The standard InChI is InChI=1S/C12H29N3O/c1-2-3-6-12-16-15-11-5-4-9-14-10-7-8-13/h14-15H,2-13H2,1H3. The maximum Gasteiger partial charge on any atom is 0.0682 e. The normalized spacial score (nSPS) is 10.9. The molecule has 0 spiro atoms. The van der Waals surface area contributed by atoms with Gasteiger partial charge in [0, 0.05) is 6.54 Å². The van der Waals surface area contributed by atoms with Crippen LogP contribution in [-0.2, 0) is 4.84 Å². The van der Waals surface area contributed by atoms with E-state index in [1.807, 2.05) is 0 Å². The van der Waals surface area contributed by atoms with Crippen molar-refractivity contribution in [1.29, 1.82) is 0 Å². The van der Waals surface area contributed by atoms with Crippen LogP contribution in [-0.4, -0.2) is 32.8 Å². The Hall–Kier alpha value is -0.160.